The van der Waals surface area contributed by atoms with Gasteiger partial charge < -0.3 is 17.4 Å². The average Bonchev–Trinajstić information content (AvgIpc) is 2.51. The Kier molecular flexibility index (Phi) is 64.8. The van der Waals surface area contributed by atoms with Gasteiger partial charge in [0.1, 0.15) is 0 Å². The molecule has 0 unspecified atom stereocenters. The molecule has 1 rings (SSSR count). The van der Waals surface area contributed by atoms with Crippen molar-refractivity contribution in [3.05, 3.63) is 47.8 Å². The van der Waals surface area contributed by atoms with Gasteiger partial charge in [-0.2, -0.15) is 25.1 Å². The van der Waals surface area contributed by atoms with Crippen molar-refractivity contribution in [2.45, 2.75) is 6.92 Å². The van der Waals surface area contributed by atoms with Gasteiger partial charge in [-0.05, 0) is 0 Å². The van der Waals surface area contributed by atoms with Crippen LogP contribution in [0, 0.1) is 11.8 Å². The molecule has 0 heterocycles. The maximum absolute atomic E-state index is 7.25. The molecule has 1 aromatic carbocycles. The smallest absolute Gasteiger partial charge is 0 e. The molecule has 0 saturated heterocycles. The van der Waals surface area contributed by atoms with E-state index in [9.17, 15) is 0 Å². The van der Waals surface area contributed by atoms with E-state index in [1.165, 1.54) is 0 Å². The summed E-state index contributed by atoms with van der Waals surface area (Å²) in [5.74, 6) is 0. The fraction of sp³-hybridized carbons (Fsp3) is 0.143. The van der Waals surface area contributed by atoms with E-state index < -0.39 is 0 Å². The molecule has 0 amide bonds. The summed E-state index contributed by atoms with van der Waals surface area (Å²) in [6.07, 6.45) is 0. The second-order valence-electron chi connectivity index (χ2n) is 0.962. The van der Waals surface area contributed by atoms with Crippen LogP contribution in [0.2, 0.25) is 0 Å². The van der Waals surface area contributed by atoms with Crippen molar-refractivity contribution >= 4 is 0 Å². The molecule has 0 aliphatic rings. The van der Waals surface area contributed by atoms with E-state index in [1.54, 1.807) is 6.92 Å². The van der Waals surface area contributed by atoms with E-state index in [4.69, 9.17) is 10.5 Å². The first-order chi connectivity index (χ1) is 4.50. The van der Waals surface area contributed by atoms with Crippen LogP contribution in [-0.2, 0) is 42.1 Å². The number of nitroso groups, excluding NO2 is 1. The van der Waals surface area contributed by atoms with Crippen molar-refractivity contribution in [3.63, 3.8) is 0 Å². The molecule has 0 radical (unpaired) electrons. The largest absolute Gasteiger partial charge is 0.577 e. The molecule has 0 aliphatic heterocycles. The average molecular weight is 492 g/mol. The Balaban J connectivity index is -0.0000000369. The van der Waals surface area contributed by atoms with E-state index in [-0.39, 0.29) is 42.1 Å². The third-order valence-electron chi connectivity index (χ3n) is 0.556. The van der Waals surface area contributed by atoms with Gasteiger partial charge in [0.15, 0.2) is 0 Å². The zero-order valence-electron chi connectivity index (χ0n) is 6.27. The maximum Gasteiger partial charge on any atom is 0 e. The summed E-state index contributed by atoms with van der Waals surface area (Å²) in [5, 5.41) is 0. The minimum absolute atomic E-state index is 0. The zero-order valence-corrected chi connectivity index (χ0v) is 12.1. The van der Waals surface area contributed by atoms with E-state index in [2.05, 4.69) is 6.92 Å². The number of hydrogen-bond acceptors (Lipinski definition) is 1. The second kappa shape index (κ2) is 31.7. The van der Waals surface area contributed by atoms with Crippen molar-refractivity contribution in [3.8, 4) is 0 Å². The molecule has 4 heteroatoms. The van der Waals surface area contributed by atoms with Crippen LogP contribution in [0.5, 0.6) is 0 Å². The van der Waals surface area contributed by atoms with E-state index in [0.29, 0.717) is 0 Å². The summed E-state index contributed by atoms with van der Waals surface area (Å²) < 4.78 is 0. The molecule has 0 aromatic heterocycles. The number of nitrogens with zero attached hydrogens (tertiary/aromatic N) is 1. The first-order valence-electron chi connectivity index (χ1n) is 2.56. The zero-order chi connectivity index (χ0) is 7.54. The van der Waals surface area contributed by atoms with E-state index in [0.717, 1.165) is 0 Å². The number of rotatable bonds is 0. The normalized spacial score (nSPS) is 4.55. The van der Waals surface area contributed by atoms with Gasteiger partial charge in [-0.15, -0.1) is 0 Å². The van der Waals surface area contributed by atoms with Crippen molar-refractivity contribution in [2.24, 2.45) is 0 Å². The molecule has 0 fully saturated rings. The molecular formula is C7H10NOW2-3. The molecule has 0 atom stereocenters. The van der Waals surface area contributed by atoms with Crippen molar-refractivity contribution in [1.29, 1.82) is 0 Å². The summed E-state index contributed by atoms with van der Waals surface area (Å²) in [4.78, 5) is 7.25. The van der Waals surface area contributed by atoms with Crippen LogP contribution in [0.4, 0.5) is 0 Å². The predicted molar refractivity (Wildman–Crippen MR) is 39.8 cm³/mol. The first kappa shape index (κ1) is 22.5. The summed E-state index contributed by atoms with van der Waals surface area (Å²) >= 11 is 0. The third kappa shape index (κ3) is 25.2. The Morgan fingerprint density at radius 2 is 1.36 bits per heavy atom. The van der Waals surface area contributed by atoms with Crippen LogP contribution >= 0.6 is 0 Å². The molecular weight excluding hydrogens is 482 g/mol. The molecule has 1 aromatic rings. The Bertz CT molecular complexity index is 83.3. The second-order valence-corrected chi connectivity index (χ2v) is 0.962. The Labute approximate surface area is 96.4 Å². The van der Waals surface area contributed by atoms with Crippen LogP contribution in [0.15, 0.2) is 30.3 Å². The fourth-order valence-corrected chi connectivity index (χ4v) is 0.321. The van der Waals surface area contributed by atoms with Gasteiger partial charge in [-0.1, -0.05) is 0 Å². The van der Waals surface area contributed by atoms with Crippen molar-refractivity contribution < 1.29 is 42.1 Å². The van der Waals surface area contributed by atoms with Gasteiger partial charge in [-0.25, -0.2) is 12.1 Å². The SMILES string of the molecule is [CH2-]C.[N-]=O.[W].[W].c1cc[cH-]c1. The topological polar surface area (TPSA) is 39.4 Å². The molecule has 0 saturated carbocycles. The molecule has 0 bridgehead atoms. The Morgan fingerprint density at radius 3 is 1.45 bits per heavy atom. The summed E-state index contributed by atoms with van der Waals surface area (Å²) in [7, 11) is 0. The summed E-state index contributed by atoms with van der Waals surface area (Å²) in [6, 6.07) is 10.0. The van der Waals surface area contributed by atoms with Gasteiger partial charge in [0.05, 0.1) is 0 Å². The third-order valence-corrected chi connectivity index (χ3v) is 0.556. The van der Waals surface area contributed by atoms with Gasteiger partial charge in [0.2, 0.25) is 0 Å². The van der Waals surface area contributed by atoms with Crippen molar-refractivity contribution in [2.75, 3.05) is 0 Å². The Morgan fingerprint density at radius 1 is 1.09 bits per heavy atom. The molecule has 0 N–H and O–H groups in total. The van der Waals surface area contributed by atoms with Crippen LogP contribution in [0.3, 0.4) is 0 Å². The van der Waals surface area contributed by atoms with Crippen LogP contribution in [-0.4, -0.2) is 0 Å². The number of hydrogen-bond donors (Lipinski definition) is 0. The Hall–Kier alpha value is 0.327. The van der Waals surface area contributed by atoms with Crippen LogP contribution in [0.25, 0.3) is 5.59 Å². The predicted octanol–water partition coefficient (Wildman–Crippen LogP) is 2.56. The maximum atomic E-state index is 7.25. The van der Waals surface area contributed by atoms with Gasteiger partial charge in [0, 0.05) is 42.1 Å². The van der Waals surface area contributed by atoms with Gasteiger partial charge in [-0.3, -0.25) is 0 Å². The minimum atomic E-state index is 0. The van der Waals surface area contributed by atoms with Crippen LogP contribution in [0.1, 0.15) is 6.92 Å². The summed E-state index contributed by atoms with van der Waals surface area (Å²) in [6.45, 7) is 5.00. The van der Waals surface area contributed by atoms with Gasteiger partial charge in [0.25, 0.3) is 0 Å². The molecule has 0 spiro atoms. The van der Waals surface area contributed by atoms with Gasteiger partial charge >= 0.3 is 0 Å². The van der Waals surface area contributed by atoms with E-state index in [1.807, 2.05) is 30.3 Å². The van der Waals surface area contributed by atoms with Crippen molar-refractivity contribution in [1.82, 2.24) is 0 Å². The standard InChI is InChI=1S/C5H5.C2H5.NO.2W/c1-2-4-5-3-1;2*1-2;;/h1-5H;1H2,2H3;;;/q3*-1;;. The molecule has 0 aliphatic carbocycles. The molecule has 11 heavy (non-hydrogen) atoms. The fourth-order valence-electron chi connectivity index (χ4n) is 0.321. The van der Waals surface area contributed by atoms with E-state index >= 15 is 0 Å². The molecule has 64 valence electrons. The quantitative estimate of drug-likeness (QED) is 0.514. The minimum Gasteiger partial charge on any atom is -0.577 e. The van der Waals surface area contributed by atoms with Crippen LogP contribution < -0.4 is 0 Å². The monoisotopic (exact) mass is 492 g/mol. The molecule has 2 nitrogen and oxygen atoms in total. The first-order valence-corrected chi connectivity index (χ1v) is 2.56. The summed E-state index contributed by atoms with van der Waals surface area (Å²) in [5.41, 5.74) is 5.75.